The van der Waals surface area contributed by atoms with Gasteiger partial charge in [-0.2, -0.15) is 0 Å². The summed E-state index contributed by atoms with van der Waals surface area (Å²) in [7, 11) is 0. The first-order chi connectivity index (χ1) is 11.3. The monoisotopic (exact) mass is 304 g/mol. The van der Waals surface area contributed by atoms with Crippen LogP contribution in [0.4, 0.5) is 0 Å². The molecule has 0 bridgehead atoms. The predicted molar refractivity (Wildman–Crippen MR) is 90.5 cm³/mol. The van der Waals surface area contributed by atoms with Gasteiger partial charge in [0.2, 0.25) is 0 Å². The Morgan fingerprint density at radius 1 is 1.39 bits per heavy atom. The van der Waals surface area contributed by atoms with Crippen molar-refractivity contribution in [3.05, 3.63) is 54.3 Å². The minimum Gasteiger partial charge on any atom is -0.368 e. The normalized spacial score (nSPS) is 13.9. The number of nitrogens with one attached hydrogen (secondary N) is 1. The zero-order valence-electron chi connectivity index (χ0n) is 12.8. The molecule has 4 heterocycles. The van der Waals surface area contributed by atoms with E-state index in [4.69, 9.17) is 0 Å². The van der Waals surface area contributed by atoms with E-state index >= 15 is 0 Å². The molecule has 1 aliphatic rings. The SMILES string of the molecule is C=Cc1nc2c(C3=NCCN3)c(-c3cccnc3)cc(C)n2n1. The summed E-state index contributed by atoms with van der Waals surface area (Å²) in [5.74, 6) is 1.47. The fraction of sp³-hybridized carbons (Fsp3) is 0.176. The van der Waals surface area contributed by atoms with E-state index in [0.717, 1.165) is 47.0 Å². The van der Waals surface area contributed by atoms with E-state index in [-0.39, 0.29) is 0 Å². The summed E-state index contributed by atoms with van der Waals surface area (Å²) in [5, 5.41) is 7.83. The van der Waals surface area contributed by atoms with Crippen LogP contribution in [-0.2, 0) is 0 Å². The molecular weight excluding hydrogens is 288 g/mol. The van der Waals surface area contributed by atoms with Gasteiger partial charge in [0, 0.05) is 30.2 Å². The van der Waals surface area contributed by atoms with Crippen LogP contribution in [0.1, 0.15) is 17.1 Å². The molecular formula is C17H16N6. The molecule has 3 aromatic heterocycles. The lowest BCUT2D eigenvalue weighted by Crippen LogP contribution is -2.21. The van der Waals surface area contributed by atoms with Crippen molar-refractivity contribution in [1.82, 2.24) is 24.9 Å². The molecule has 0 aliphatic carbocycles. The summed E-state index contributed by atoms with van der Waals surface area (Å²) in [4.78, 5) is 13.4. The number of fused-ring (bicyclic) bond motifs is 1. The Morgan fingerprint density at radius 2 is 2.30 bits per heavy atom. The molecule has 0 amide bonds. The molecule has 0 atom stereocenters. The quantitative estimate of drug-likeness (QED) is 0.804. The molecule has 3 aromatic rings. The van der Waals surface area contributed by atoms with Crippen molar-refractivity contribution in [1.29, 1.82) is 0 Å². The highest BCUT2D eigenvalue weighted by Gasteiger charge is 2.21. The van der Waals surface area contributed by atoms with Crippen LogP contribution < -0.4 is 5.32 Å². The summed E-state index contributed by atoms with van der Waals surface area (Å²) >= 11 is 0. The lowest BCUT2D eigenvalue weighted by molar-refractivity contribution is 0.907. The Kier molecular flexibility index (Phi) is 3.15. The van der Waals surface area contributed by atoms with Crippen LogP contribution in [0.3, 0.4) is 0 Å². The summed E-state index contributed by atoms with van der Waals surface area (Å²) in [5.41, 5.74) is 4.84. The highest BCUT2D eigenvalue weighted by atomic mass is 15.3. The summed E-state index contributed by atoms with van der Waals surface area (Å²) in [6, 6.07) is 6.08. The van der Waals surface area contributed by atoms with E-state index in [0.29, 0.717) is 5.82 Å². The summed E-state index contributed by atoms with van der Waals surface area (Å²) < 4.78 is 1.84. The second-order valence-electron chi connectivity index (χ2n) is 5.38. The number of amidine groups is 1. The fourth-order valence-corrected chi connectivity index (χ4v) is 2.83. The van der Waals surface area contributed by atoms with Gasteiger partial charge in [0.05, 0.1) is 12.1 Å². The predicted octanol–water partition coefficient (Wildman–Crippen LogP) is 2.09. The van der Waals surface area contributed by atoms with E-state index in [2.05, 4.69) is 38.0 Å². The molecule has 1 aliphatic heterocycles. The molecule has 1 N–H and O–H groups in total. The van der Waals surface area contributed by atoms with Gasteiger partial charge in [0.1, 0.15) is 5.84 Å². The van der Waals surface area contributed by atoms with Gasteiger partial charge in [-0.15, -0.1) is 5.10 Å². The van der Waals surface area contributed by atoms with Crippen LogP contribution in [0, 0.1) is 6.92 Å². The Morgan fingerprint density at radius 3 is 3.00 bits per heavy atom. The van der Waals surface area contributed by atoms with Crippen molar-refractivity contribution < 1.29 is 0 Å². The van der Waals surface area contributed by atoms with Gasteiger partial charge < -0.3 is 5.32 Å². The molecule has 0 saturated carbocycles. The summed E-state index contributed by atoms with van der Waals surface area (Å²) in [6.07, 6.45) is 5.28. The third kappa shape index (κ3) is 2.19. The first-order valence-corrected chi connectivity index (χ1v) is 7.50. The molecule has 0 saturated heterocycles. The number of aliphatic imine (C=N–C) groups is 1. The van der Waals surface area contributed by atoms with Crippen LogP contribution in [0.5, 0.6) is 0 Å². The molecule has 4 rings (SSSR count). The van der Waals surface area contributed by atoms with Crippen LogP contribution in [0.15, 0.2) is 42.2 Å². The van der Waals surface area contributed by atoms with Gasteiger partial charge in [-0.3, -0.25) is 9.98 Å². The molecule has 0 spiro atoms. The molecule has 6 nitrogen and oxygen atoms in total. The molecule has 0 unspecified atom stereocenters. The minimum absolute atomic E-state index is 0.608. The molecule has 6 heteroatoms. The lowest BCUT2D eigenvalue weighted by Gasteiger charge is -2.13. The second kappa shape index (κ2) is 5.31. The van der Waals surface area contributed by atoms with Crippen LogP contribution in [0.25, 0.3) is 22.9 Å². The average Bonchev–Trinajstić information content (AvgIpc) is 3.25. The second-order valence-corrected chi connectivity index (χ2v) is 5.38. The molecule has 0 fully saturated rings. The van der Waals surface area contributed by atoms with Crippen LogP contribution >= 0.6 is 0 Å². The van der Waals surface area contributed by atoms with Gasteiger partial charge in [-0.1, -0.05) is 12.6 Å². The van der Waals surface area contributed by atoms with E-state index in [9.17, 15) is 0 Å². The number of aromatic nitrogens is 4. The van der Waals surface area contributed by atoms with Crippen molar-refractivity contribution >= 4 is 17.6 Å². The van der Waals surface area contributed by atoms with E-state index < -0.39 is 0 Å². The molecule has 23 heavy (non-hydrogen) atoms. The highest BCUT2D eigenvalue weighted by molar-refractivity contribution is 6.10. The van der Waals surface area contributed by atoms with Crippen molar-refractivity contribution in [2.24, 2.45) is 4.99 Å². The van der Waals surface area contributed by atoms with Gasteiger partial charge in [0.15, 0.2) is 11.5 Å². The Balaban J connectivity index is 2.08. The van der Waals surface area contributed by atoms with Crippen molar-refractivity contribution in [2.45, 2.75) is 6.92 Å². The highest BCUT2D eigenvalue weighted by Crippen LogP contribution is 2.28. The first-order valence-electron chi connectivity index (χ1n) is 7.50. The maximum absolute atomic E-state index is 4.62. The molecule has 0 aromatic carbocycles. The van der Waals surface area contributed by atoms with Gasteiger partial charge in [-0.25, -0.2) is 9.50 Å². The number of hydrogen-bond donors (Lipinski definition) is 1. The number of pyridine rings is 2. The number of nitrogens with zero attached hydrogens (tertiary/aromatic N) is 5. The minimum atomic E-state index is 0.608. The third-order valence-corrected chi connectivity index (χ3v) is 3.87. The fourth-order valence-electron chi connectivity index (χ4n) is 2.83. The number of aryl methyl sites for hydroxylation is 1. The van der Waals surface area contributed by atoms with Crippen molar-refractivity contribution in [3.63, 3.8) is 0 Å². The summed E-state index contributed by atoms with van der Waals surface area (Å²) in [6.45, 7) is 7.39. The van der Waals surface area contributed by atoms with Crippen molar-refractivity contribution in [2.75, 3.05) is 13.1 Å². The maximum atomic E-state index is 4.62. The number of rotatable bonds is 3. The van der Waals surface area contributed by atoms with Gasteiger partial charge in [-0.05, 0) is 30.7 Å². The van der Waals surface area contributed by atoms with E-state index in [1.165, 1.54) is 0 Å². The Hall–Kier alpha value is -3.02. The van der Waals surface area contributed by atoms with Gasteiger partial charge in [0.25, 0.3) is 0 Å². The number of hydrogen-bond acceptors (Lipinski definition) is 5. The maximum Gasteiger partial charge on any atom is 0.174 e. The topological polar surface area (TPSA) is 67.5 Å². The Bertz CT molecular complexity index is 923. The van der Waals surface area contributed by atoms with E-state index in [1.807, 2.05) is 29.8 Å². The molecule has 0 radical (unpaired) electrons. The molecule has 114 valence electrons. The van der Waals surface area contributed by atoms with Gasteiger partial charge >= 0.3 is 0 Å². The first kappa shape index (κ1) is 13.6. The standard InChI is InChI=1S/C17H16N6/c1-3-14-21-17-15(16-19-7-8-20-16)13(9-11(2)23(17)22-14)12-5-4-6-18-10-12/h3-6,9-10H,1,7-8H2,2H3,(H,19,20). The largest absolute Gasteiger partial charge is 0.368 e. The lowest BCUT2D eigenvalue weighted by atomic mass is 10.0. The van der Waals surface area contributed by atoms with Crippen LogP contribution in [0.2, 0.25) is 0 Å². The van der Waals surface area contributed by atoms with E-state index in [1.54, 1.807) is 12.3 Å². The Labute approximate surface area is 133 Å². The van der Waals surface area contributed by atoms with Crippen LogP contribution in [-0.4, -0.2) is 38.5 Å². The smallest absolute Gasteiger partial charge is 0.174 e. The third-order valence-electron chi connectivity index (χ3n) is 3.87. The average molecular weight is 304 g/mol. The zero-order valence-corrected chi connectivity index (χ0v) is 12.8. The van der Waals surface area contributed by atoms with Crippen molar-refractivity contribution in [3.8, 4) is 11.1 Å². The zero-order chi connectivity index (χ0) is 15.8.